The Bertz CT molecular complexity index is 711. The zero-order chi connectivity index (χ0) is 14.7. The number of nitrogens with zero attached hydrogens (tertiary/aromatic N) is 3. The van der Waals surface area contributed by atoms with E-state index in [1.54, 1.807) is 6.20 Å². The van der Waals surface area contributed by atoms with E-state index in [1.807, 2.05) is 23.2 Å². The number of nitrogens with two attached hydrogens (primary N) is 1. The Balaban J connectivity index is 0.00000176. The van der Waals surface area contributed by atoms with Crippen molar-refractivity contribution in [2.24, 2.45) is 5.73 Å². The van der Waals surface area contributed by atoms with Crippen LogP contribution in [0.15, 0.2) is 61.3 Å². The third-order valence-electron chi connectivity index (χ3n) is 3.86. The van der Waals surface area contributed by atoms with Crippen molar-refractivity contribution >= 4 is 10.9 Å². The van der Waals surface area contributed by atoms with Gasteiger partial charge in [0.05, 0.1) is 6.20 Å². The quantitative estimate of drug-likeness (QED) is 0.449. The molecule has 0 amide bonds. The zero-order valence-corrected chi connectivity index (χ0v) is 14.8. The molecule has 0 aliphatic heterocycles. The van der Waals surface area contributed by atoms with Crippen molar-refractivity contribution in [3.63, 3.8) is 0 Å². The van der Waals surface area contributed by atoms with Crippen LogP contribution < -0.4 is 34.3 Å². The Morgan fingerprint density at radius 1 is 1.23 bits per heavy atom. The molecule has 116 valence electrons. The molecule has 1 aromatic carbocycles. The third kappa shape index (κ3) is 3.84. The maximum atomic E-state index is 6.29. The Morgan fingerprint density at radius 3 is 2.82 bits per heavy atom. The number of halogens is 1. The van der Waals surface area contributed by atoms with Crippen LogP contribution in [0.1, 0.15) is 19.4 Å². The first-order valence-corrected chi connectivity index (χ1v) is 7.34. The van der Waals surface area contributed by atoms with Crippen molar-refractivity contribution in [2.45, 2.75) is 32.0 Å². The highest BCUT2D eigenvalue weighted by Gasteiger charge is 2.14. The second kappa shape index (κ2) is 7.69. The molecule has 0 saturated carbocycles. The predicted molar refractivity (Wildman–Crippen MR) is 83.7 cm³/mol. The summed E-state index contributed by atoms with van der Waals surface area (Å²) >= 11 is 0. The maximum Gasteiger partial charge on any atom is 0.286 e. The van der Waals surface area contributed by atoms with Crippen LogP contribution in [-0.2, 0) is 6.54 Å². The van der Waals surface area contributed by atoms with E-state index < -0.39 is 0 Å². The fourth-order valence-electron chi connectivity index (χ4n) is 2.86. The Morgan fingerprint density at radius 2 is 2.05 bits per heavy atom. The summed E-state index contributed by atoms with van der Waals surface area (Å²) < 4.78 is 4.34. The number of fused-ring (bicyclic) bond motifs is 1. The van der Waals surface area contributed by atoms with Crippen LogP contribution in [0, 0.1) is 0 Å². The fourth-order valence-corrected chi connectivity index (χ4v) is 2.86. The lowest BCUT2D eigenvalue weighted by molar-refractivity contribution is -0.701. The molecule has 0 fully saturated rings. The average molecular weight is 408 g/mol. The third-order valence-corrected chi connectivity index (χ3v) is 3.86. The van der Waals surface area contributed by atoms with E-state index >= 15 is 0 Å². The molecular weight excluding hydrogens is 387 g/mol. The van der Waals surface area contributed by atoms with Crippen LogP contribution in [0.4, 0.5) is 0 Å². The summed E-state index contributed by atoms with van der Waals surface area (Å²) in [5.41, 5.74) is 7.56. The standard InChI is InChI=1S/C17H21N4.HI/c1-14(11-16(18)12-20-9-4-8-19-13-20)21-10-7-15-5-2-3-6-17(15)21;/h2-10,13-14,16H,11-12,18H2,1H3;1H/q+1;/p-1. The zero-order valence-electron chi connectivity index (χ0n) is 12.6. The van der Waals surface area contributed by atoms with E-state index in [4.69, 9.17) is 5.73 Å². The molecule has 22 heavy (non-hydrogen) atoms. The number of para-hydroxylation sites is 1. The normalized spacial score (nSPS) is 13.5. The Kier molecular flexibility index (Phi) is 5.90. The van der Waals surface area contributed by atoms with Crippen LogP contribution in [0.5, 0.6) is 0 Å². The molecule has 4 nitrogen and oxygen atoms in total. The molecule has 2 aromatic heterocycles. The van der Waals surface area contributed by atoms with Gasteiger partial charge in [0.2, 0.25) is 0 Å². The summed E-state index contributed by atoms with van der Waals surface area (Å²) in [5, 5.41) is 1.28. The first-order chi connectivity index (χ1) is 10.2. The Hall–Kier alpha value is -1.47. The lowest BCUT2D eigenvalue weighted by atomic mass is 10.1. The van der Waals surface area contributed by atoms with Gasteiger partial charge in [-0.3, -0.25) is 0 Å². The first-order valence-electron chi connectivity index (χ1n) is 7.34. The van der Waals surface area contributed by atoms with E-state index in [0.29, 0.717) is 6.04 Å². The van der Waals surface area contributed by atoms with Crippen molar-refractivity contribution in [3.8, 4) is 0 Å². The molecule has 0 radical (unpaired) electrons. The van der Waals surface area contributed by atoms with Gasteiger partial charge in [0.15, 0.2) is 0 Å². The van der Waals surface area contributed by atoms with E-state index in [-0.39, 0.29) is 30.0 Å². The van der Waals surface area contributed by atoms with Crippen molar-refractivity contribution in [1.29, 1.82) is 0 Å². The minimum atomic E-state index is 0. The Labute approximate surface area is 148 Å². The topological polar surface area (TPSA) is 47.7 Å². The van der Waals surface area contributed by atoms with Gasteiger partial charge >= 0.3 is 0 Å². The molecule has 0 bridgehead atoms. The predicted octanol–water partition coefficient (Wildman–Crippen LogP) is -0.694. The molecule has 2 heterocycles. The maximum absolute atomic E-state index is 6.29. The van der Waals surface area contributed by atoms with E-state index in [0.717, 1.165) is 13.0 Å². The average Bonchev–Trinajstić information content (AvgIpc) is 2.92. The van der Waals surface area contributed by atoms with Crippen LogP contribution >= 0.6 is 0 Å². The van der Waals surface area contributed by atoms with E-state index in [1.165, 1.54) is 10.9 Å². The van der Waals surface area contributed by atoms with E-state index in [9.17, 15) is 0 Å². The van der Waals surface area contributed by atoms with Gasteiger partial charge in [-0.15, -0.1) is 0 Å². The highest BCUT2D eigenvalue weighted by molar-refractivity contribution is 5.80. The molecule has 5 heteroatoms. The largest absolute Gasteiger partial charge is 1.00 e. The monoisotopic (exact) mass is 408 g/mol. The fraction of sp³-hybridized carbons (Fsp3) is 0.294. The van der Waals surface area contributed by atoms with Crippen molar-refractivity contribution in [3.05, 3.63) is 61.3 Å². The van der Waals surface area contributed by atoms with Crippen LogP contribution in [0.2, 0.25) is 0 Å². The van der Waals surface area contributed by atoms with Crippen LogP contribution in [0.25, 0.3) is 10.9 Å². The second-order valence-corrected chi connectivity index (χ2v) is 5.58. The van der Waals surface area contributed by atoms with Gasteiger partial charge in [0.25, 0.3) is 6.33 Å². The number of hydrogen-bond donors (Lipinski definition) is 1. The van der Waals surface area contributed by atoms with Crippen LogP contribution in [-0.4, -0.2) is 15.6 Å². The summed E-state index contributed by atoms with van der Waals surface area (Å²) in [6, 6.07) is 13.0. The number of benzene rings is 1. The van der Waals surface area contributed by atoms with Crippen molar-refractivity contribution < 1.29 is 28.5 Å². The SMILES string of the molecule is CC(CC(N)C[n+]1cccnc1)n1ccc2ccccc21.[I-]. The highest BCUT2D eigenvalue weighted by Crippen LogP contribution is 2.22. The van der Waals surface area contributed by atoms with Gasteiger partial charge in [-0.1, -0.05) is 23.2 Å². The molecule has 0 spiro atoms. The van der Waals surface area contributed by atoms with Gasteiger partial charge < -0.3 is 34.3 Å². The smallest absolute Gasteiger partial charge is 0.286 e. The van der Waals surface area contributed by atoms with Gasteiger partial charge in [-0.2, -0.15) is 0 Å². The molecule has 0 aliphatic rings. The van der Waals surface area contributed by atoms with Crippen molar-refractivity contribution in [1.82, 2.24) is 9.55 Å². The molecule has 2 N–H and O–H groups in total. The van der Waals surface area contributed by atoms with Crippen LogP contribution in [0.3, 0.4) is 0 Å². The summed E-state index contributed by atoms with van der Waals surface area (Å²) in [5.74, 6) is 0. The van der Waals surface area contributed by atoms with Gasteiger partial charge in [-0.05, 0) is 30.9 Å². The summed E-state index contributed by atoms with van der Waals surface area (Å²) in [6.45, 7) is 3.01. The van der Waals surface area contributed by atoms with E-state index in [2.05, 4.69) is 53.0 Å². The number of rotatable bonds is 5. The minimum Gasteiger partial charge on any atom is -1.00 e. The van der Waals surface area contributed by atoms with Crippen molar-refractivity contribution in [2.75, 3.05) is 0 Å². The molecule has 3 aromatic rings. The highest BCUT2D eigenvalue weighted by atomic mass is 127. The molecule has 0 saturated heterocycles. The minimum absolute atomic E-state index is 0. The lowest BCUT2D eigenvalue weighted by Crippen LogP contribution is -3.00. The van der Waals surface area contributed by atoms with Gasteiger partial charge in [0, 0.05) is 29.9 Å². The molecule has 2 atom stereocenters. The lowest BCUT2D eigenvalue weighted by Gasteiger charge is -2.19. The summed E-state index contributed by atoms with van der Waals surface area (Å²) in [4.78, 5) is 4.11. The molecule has 2 unspecified atom stereocenters. The summed E-state index contributed by atoms with van der Waals surface area (Å²) in [7, 11) is 0. The number of aromatic nitrogens is 3. The molecular formula is C17H21IN4. The molecule has 3 rings (SSSR count). The molecule has 0 aliphatic carbocycles. The number of hydrogen-bond acceptors (Lipinski definition) is 2. The summed E-state index contributed by atoms with van der Waals surface area (Å²) in [6.07, 6.45) is 8.68. The second-order valence-electron chi connectivity index (χ2n) is 5.58. The van der Waals surface area contributed by atoms with Gasteiger partial charge in [0.1, 0.15) is 12.7 Å². The van der Waals surface area contributed by atoms with Gasteiger partial charge in [-0.25, -0.2) is 4.57 Å². The first kappa shape index (κ1) is 16.9.